The second-order valence-electron chi connectivity index (χ2n) is 6.88. The zero-order valence-corrected chi connectivity index (χ0v) is 13.8. The maximum Gasteiger partial charge on any atom is 0.225 e. The summed E-state index contributed by atoms with van der Waals surface area (Å²) in [4.78, 5) is 14.7. The number of amides is 1. The lowest BCUT2D eigenvalue weighted by atomic mass is 9.88. The van der Waals surface area contributed by atoms with Crippen LogP contribution in [0.5, 0.6) is 0 Å². The molecule has 122 valence electrons. The summed E-state index contributed by atoms with van der Waals surface area (Å²) in [6.07, 6.45) is 8.93. The van der Waals surface area contributed by atoms with E-state index in [2.05, 4.69) is 22.2 Å². The monoisotopic (exact) mass is 304 g/mol. The summed E-state index contributed by atoms with van der Waals surface area (Å²) in [7, 11) is 1.98. The first-order valence-corrected chi connectivity index (χ1v) is 8.65. The Balaban J connectivity index is 1.48. The van der Waals surface area contributed by atoms with Gasteiger partial charge in [0.2, 0.25) is 5.91 Å². The number of hydrogen-bond acceptors (Lipinski definition) is 3. The summed E-state index contributed by atoms with van der Waals surface area (Å²) >= 11 is 0. The largest absolute Gasteiger partial charge is 0.341 e. The van der Waals surface area contributed by atoms with Gasteiger partial charge in [0.1, 0.15) is 0 Å². The third kappa shape index (κ3) is 3.35. The van der Waals surface area contributed by atoms with Crippen LogP contribution in [0.1, 0.15) is 49.8 Å². The zero-order chi connectivity index (χ0) is 15.5. The number of nitrogens with one attached hydrogen (secondary N) is 1. The third-order valence-corrected chi connectivity index (χ3v) is 5.28. The molecule has 5 nitrogen and oxygen atoms in total. The Bertz CT molecular complexity index is 499. The molecule has 1 amide bonds. The normalized spacial score (nSPS) is 23.2. The summed E-state index contributed by atoms with van der Waals surface area (Å²) in [6.45, 7) is 4.71. The Morgan fingerprint density at radius 2 is 2.09 bits per heavy atom. The maximum atomic E-state index is 12.6. The molecule has 1 atom stereocenters. The van der Waals surface area contributed by atoms with Crippen LogP contribution in [0.2, 0.25) is 0 Å². The highest BCUT2D eigenvalue weighted by Gasteiger charge is 2.31. The van der Waals surface area contributed by atoms with E-state index in [0.29, 0.717) is 17.9 Å². The van der Waals surface area contributed by atoms with Crippen molar-refractivity contribution in [1.82, 2.24) is 20.0 Å². The minimum Gasteiger partial charge on any atom is -0.341 e. The molecule has 22 heavy (non-hydrogen) atoms. The van der Waals surface area contributed by atoms with Crippen molar-refractivity contribution < 1.29 is 4.79 Å². The van der Waals surface area contributed by atoms with Gasteiger partial charge in [0, 0.05) is 38.6 Å². The summed E-state index contributed by atoms with van der Waals surface area (Å²) < 4.78 is 1.93. The SMILES string of the molecule is Cc1cnn(C)c1CNC1CCN(C(=O)C2CCCCC2)C1. The Morgan fingerprint density at radius 1 is 1.32 bits per heavy atom. The van der Waals surface area contributed by atoms with Gasteiger partial charge in [-0.2, -0.15) is 5.10 Å². The molecule has 1 saturated heterocycles. The minimum absolute atomic E-state index is 0.298. The van der Waals surface area contributed by atoms with Gasteiger partial charge in [0.15, 0.2) is 0 Å². The van der Waals surface area contributed by atoms with Gasteiger partial charge in [-0.25, -0.2) is 0 Å². The highest BCUT2D eigenvalue weighted by molar-refractivity contribution is 5.79. The molecule has 5 heteroatoms. The molecule has 3 rings (SSSR count). The van der Waals surface area contributed by atoms with Crippen LogP contribution in [-0.4, -0.2) is 39.7 Å². The molecule has 0 aromatic carbocycles. The molecule has 1 aromatic rings. The van der Waals surface area contributed by atoms with Crippen LogP contribution in [-0.2, 0) is 18.4 Å². The fraction of sp³-hybridized carbons (Fsp3) is 0.765. The molecule has 1 N–H and O–H groups in total. The summed E-state index contributed by atoms with van der Waals surface area (Å²) in [5.74, 6) is 0.701. The van der Waals surface area contributed by atoms with Crippen LogP contribution in [0, 0.1) is 12.8 Å². The topological polar surface area (TPSA) is 50.2 Å². The van der Waals surface area contributed by atoms with Crippen LogP contribution in [0.4, 0.5) is 0 Å². The quantitative estimate of drug-likeness (QED) is 0.925. The summed E-state index contributed by atoms with van der Waals surface area (Å²) in [6, 6.07) is 0.418. The molecule has 0 spiro atoms. The first kappa shape index (κ1) is 15.5. The van der Waals surface area contributed by atoms with Gasteiger partial charge in [0.25, 0.3) is 0 Å². The molecule has 2 heterocycles. The summed E-state index contributed by atoms with van der Waals surface area (Å²) in [5, 5.41) is 7.88. The Labute approximate surface area is 133 Å². The zero-order valence-electron chi connectivity index (χ0n) is 13.8. The van der Waals surface area contributed by atoms with Crippen LogP contribution in [0.15, 0.2) is 6.20 Å². The first-order chi connectivity index (χ1) is 10.6. The third-order valence-electron chi connectivity index (χ3n) is 5.28. The number of carbonyl (C=O) groups is 1. The van der Waals surface area contributed by atoms with Gasteiger partial charge >= 0.3 is 0 Å². The van der Waals surface area contributed by atoms with Crippen molar-refractivity contribution in [3.63, 3.8) is 0 Å². The van der Waals surface area contributed by atoms with Crippen LogP contribution in [0.3, 0.4) is 0 Å². The number of hydrogen-bond donors (Lipinski definition) is 1. The van der Waals surface area contributed by atoms with Crippen molar-refractivity contribution in [2.75, 3.05) is 13.1 Å². The standard InChI is InChI=1S/C17H28N4O/c1-13-10-19-20(2)16(13)11-18-15-8-9-21(12-15)17(22)14-6-4-3-5-7-14/h10,14-15,18H,3-9,11-12H2,1-2H3. The number of rotatable bonds is 4. The number of carbonyl (C=O) groups excluding carboxylic acids is 1. The van der Waals surface area contributed by atoms with E-state index in [4.69, 9.17) is 0 Å². The molecular weight excluding hydrogens is 276 g/mol. The molecule has 1 aliphatic carbocycles. The van der Waals surface area contributed by atoms with E-state index < -0.39 is 0 Å². The lowest BCUT2D eigenvalue weighted by Gasteiger charge is -2.26. The molecule has 0 bridgehead atoms. The van der Waals surface area contributed by atoms with E-state index in [1.54, 1.807) is 0 Å². The van der Waals surface area contributed by atoms with Gasteiger partial charge in [-0.05, 0) is 31.7 Å². The fourth-order valence-corrected chi connectivity index (χ4v) is 3.80. The van der Waals surface area contributed by atoms with Crippen molar-refractivity contribution in [3.8, 4) is 0 Å². The number of likely N-dealkylation sites (tertiary alicyclic amines) is 1. The molecule has 1 unspecified atom stereocenters. The molecule has 1 saturated carbocycles. The van der Waals surface area contributed by atoms with Crippen LogP contribution >= 0.6 is 0 Å². The predicted molar refractivity (Wildman–Crippen MR) is 86.3 cm³/mol. The van der Waals surface area contributed by atoms with E-state index in [-0.39, 0.29) is 0 Å². The van der Waals surface area contributed by atoms with Crippen molar-refractivity contribution in [2.45, 2.75) is 58.0 Å². The van der Waals surface area contributed by atoms with Crippen molar-refractivity contribution in [3.05, 3.63) is 17.5 Å². The number of aryl methyl sites for hydroxylation is 2. The lowest BCUT2D eigenvalue weighted by molar-refractivity contribution is -0.135. The predicted octanol–water partition coefficient (Wildman–Crippen LogP) is 2.00. The lowest BCUT2D eigenvalue weighted by Crippen LogP contribution is -2.38. The average molecular weight is 304 g/mol. The van der Waals surface area contributed by atoms with E-state index in [9.17, 15) is 4.79 Å². The van der Waals surface area contributed by atoms with Gasteiger partial charge < -0.3 is 10.2 Å². The molecule has 1 aliphatic heterocycles. The van der Waals surface area contributed by atoms with Crippen molar-refractivity contribution in [2.24, 2.45) is 13.0 Å². The Hall–Kier alpha value is -1.36. The molecule has 2 fully saturated rings. The molecule has 2 aliphatic rings. The van der Waals surface area contributed by atoms with Gasteiger partial charge in [-0.3, -0.25) is 9.48 Å². The molecule has 0 radical (unpaired) electrons. The van der Waals surface area contributed by atoms with Crippen molar-refractivity contribution >= 4 is 5.91 Å². The van der Waals surface area contributed by atoms with Crippen LogP contribution in [0.25, 0.3) is 0 Å². The smallest absolute Gasteiger partial charge is 0.225 e. The fourth-order valence-electron chi connectivity index (χ4n) is 3.80. The second kappa shape index (κ2) is 6.82. The summed E-state index contributed by atoms with van der Waals surface area (Å²) in [5.41, 5.74) is 2.46. The Morgan fingerprint density at radius 3 is 2.77 bits per heavy atom. The van der Waals surface area contributed by atoms with E-state index >= 15 is 0 Å². The van der Waals surface area contributed by atoms with Crippen LogP contribution < -0.4 is 5.32 Å². The highest BCUT2D eigenvalue weighted by Crippen LogP contribution is 2.26. The van der Waals surface area contributed by atoms with Gasteiger partial charge in [-0.1, -0.05) is 19.3 Å². The van der Waals surface area contributed by atoms with Gasteiger partial charge in [-0.15, -0.1) is 0 Å². The molecule has 1 aromatic heterocycles. The minimum atomic E-state index is 0.298. The maximum absolute atomic E-state index is 12.6. The number of aromatic nitrogens is 2. The van der Waals surface area contributed by atoms with Gasteiger partial charge in [0.05, 0.1) is 11.9 Å². The highest BCUT2D eigenvalue weighted by atomic mass is 16.2. The van der Waals surface area contributed by atoms with Crippen molar-refractivity contribution in [1.29, 1.82) is 0 Å². The average Bonchev–Trinajstić information content (AvgIpc) is 3.13. The van der Waals surface area contributed by atoms with E-state index in [1.807, 2.05) is 17.9 Å². The first-order valence-electron chi connectivity index (χ1n) is 8.65. The molecular formula is C17H28N4O. The van der Waals surface area contributed by atoms with E-state index in [0.717, 1.165) is 38.9 Å². The Kier molecular flexibility index (Phi) is 4.81. The number of nitrogens with zero attached hydrogens (tertiary/aromatic N) is 3. The van der Waals surface area contributed by atoms with E-state index in [1.165, 1.54) is 30.5 Å². The second-order valence-corrected chi connectivity index (χ2v) is 6.88.